The van der Waals surface area contributed by atoms with Crippen molar-refractivity contribution in [3.8, 4) is 5.88 Å². The number of amides is 1. The van der Waals surface area contributed by atoms with E-state index >= 15 is 0 Å². The number of carbonyl (C=O) groups excluding carboxylic acids is 1. The molecule has 3 heterocycles. The van der Waals surface area contributed by atoms with E-state index in [9.17, 15) is 14.3 Å². The van der Waals surface area contributed by atoms with Crippen LogP contribution in [-0.4, -0.2) is 25.8 Å². The fraction of sp³-hybridized carbons (Fsp3) is 0.188. The van der Waals surface area contributed by atoms with Crippen molar-refractivity contribution >= 4 is 39.3 Å². The second-order valence-corrected chi connectivity index (χ2v) is 7.59. The SMILES string of the molecule is CCn1c(O)c(C2=c3cc(F)ccc3=NC2=O)s/c1=N/c1nnc(C)s1. The summed E-state index contributed by atoms with van der Waals surface area (Å²) in [5.74, 6) is -1.09. The van der Waals surface area contributed by atoms with E-state index in [1.807, 2.05) is 13.8 Å². The molecule has 1 aliphatic heterocycles. The number of aryl methyl sites for hydroxylation is 1. The van der Waals surface area contributed by atoms with Gasteiger partial charge in [-0.1, -0.05) is 22.7 Å². The fourth-order valence-electron chi connectivity index (χ4n) is 2.66. The second kappa shape index (κ2) is 6.22. The summed E-state index contributed by atoms with van der Waals surface area (Å²) in [4.78, 5) is 21.5. The van der Waals surface area contributed by atoms with Gasteiger partial charge in [-0.05, 0) is 32.0 Å². The normalized spacial score (nSPS) is 14.0. The van der Waals surface area contributed by atoms with E-state index in [1.165, 1.54) is 29.5 Å². The van der Waals surface area contributed by atoms with Crippen LogP contribution in [0.2, 0.25) is 0 Å². The van der Waals surface area contributed by atoms with Crippen LogP contribution in [0, 0.1) is 12.7 Å². The summed E-state index contributed by atoms with van der Waals surface area (Å²) in [6, 6.07) is 3.94. The maximum Gasteiger partial charge on any atom is 0.279 e. The lowest BCUT2D eigenvalue weighted by molar-refractivity contribution is -0.112. The minimum absolute atomic E-state index is 0.104. The Morgan fingerprint density at radius 3 is 2.81 bits per heavy atom. The Balaban J connectivity index is 2.00. The predicted molar refractivity (Wildman–Crippen MR) is 94.2 cm³/mol. The number of hydrogen-bond donors (Lipinski definition) is 1. The van der Waals surface area contributed by atoms with Gasteiger partial charge in [0.1, 0.15) is 15.7 Å². The molecule has 1 N–H and O–H groups in total. The first-order valence-corrected chi connectivity index (χ1v) is 9.32. The van der Waals surface area contributed by atoms with Gasteiger partial charge in [-0.2, -0.15) is 4.99 Å². The number of carbonyl (C=O) groups is 1. The molecule has 132 valence electrons. The molecular weight excluding hydrogens is 377 g/mol. The summed E-state index contributed by atoms with van der Waals surface area (Å²) in [5, 5.41) is 20.5. The maximum absolute atomic E-state index is 13.7. The van der Waals surface area contributed by atoms with Gasteiger partial charge < -0.3 is 5.11 Å². The Kier molecular flexibility index (Phi) is 4.00. The number of thiazole rings is 1. The summed E-state index contributed by atoms with van der Waals surface area (Å²) >= 11 is 2.45. The minimum atomic E-state index is -0.510. The summed E-state index contributed by atoms with van der Waals surface area (Å²) in [6.45, 7) is 4.11. The lowest BCUT2D eigenvalue weighted by Crippen LogP contribution is -2.23. The number of rotatable bonds is 3. The highest BCUT2D eigenvalue weighted by atomic mass is 32.1. The monoisotopic (exact) mass is 389 g/mol. The lowest BCUT2D eigenvalue weighted by Gasteiger charge is -2.01. The van der Waals surface area contributed by atoms with Crippen LogP contribution in [-0.2, 0) is 11.3 Å². The third-order valence-electron chi connectivity index (χ3n) is 3.80. The number of halogens is 1. The third-order valence-corrected chi connectivity index (χ3v) is 5.61. The summed E-state index contributed by atoms with van der Waals surface area (Å²) in [7, 11) is 0. The van der Waals surface area contributed by atoms with Crippen molar-refractivity contribution in [3.63, 3.8) is 0 Å². The van der Waals surface area contributed by atoms with Crippen LogP contribution in [0.5, 0.6) is 5.88 Å². The molecule has 7 nitrogen and oxygen atoms in total. The van der Waals surface area contributed by atoms with Crippen molar-refractivity contribution in [2.75, 3.05) is 0 Å². The quantitative estimate of drug-likeness (QED) is 0.728. The Morgan fingerprint density at radius 1 is 1.31 bits per heavy atom. The molecule has 0 aliphatic carbocycles. The van der Waals surface area contributed by atoms with Crippen molar-refractivity contribution in [1.29, 1.82) is 0 Å². The first kappa shape index (κ1) is 16.7. The maximum atomic E-state index is 13.7. The van der Waals surface area contributed by atoms with Crippen LogP contribution in [0.15, 0.2) is 28.2 Å². The molecule has 0 unspecified atom stereocenters. The molecule has 3 aromatic rings. The molecule has 10 heteroatoms. The molecule has 26 heavy (non-hydrogen) atoms. The van der Waals surface area contributed by atoms with Crippen LogP contribution in [0.1, 0.15) is 16.8 Å². The second-order valence-electron chi connectivity index (χ2n) is 5.45. The topological polar surface area (TPSA) is 92.7 Å². The zero-order chi connectivity index (χ0) is 18.4. The zero-order valence-corrected chi connectivity index (χ0v) is 15.4. The highest BCUT2D eigenvalue weighted by Gasteiger charge is 2.25. The van der Waals surface area contributed by atoms with E-state index in [1.54, 1.807) is 4.57 Å². The molecular formula is C16H12FN5O2S2. The van der Waals surface area contributed by atoms with Gasteiger partial charge in [0.15, 0.2) is 4.80 Å². The molecule has 0 atom stereocenters. The summed E-state index contributed by atoms with van der Waals surface area (Å²) < 4.78 is 15.2. The average Bonchev–Trinajstić information content (AvgIpc) is 3.23. The van der Waals surface area contributed by atoms with Gasteiger partial charge in [0.25, 0.3) is 5.91 Å². The van der Waals surface area contributed by atoms with E-state index < -0.39 is 11.7 Å². The highest BCUT2D eigenvalue weighted by Crippen LogP contribution is 2.29. The van der Waals surface area contributed by atoms with Gasteiger partial charge in [-0.15, -0.1) is 10.2 Å². The number of aromatic nitrogens is 3. The minimum Gasteiger partial charge on any atom is -0.493 e. The molecule has 1 aliphatic rings. The zero-order valence-electron chi connectivity index (χ0n) is 13.7. The Morgan fingerprint density at radius 2 is 2.12 bits per heavy atom. The van der Waals surface area contributed by atoms with Gasteiger partial charge in [0, 0.05) is 11.8 Å². The van der Waals surface area contributed by atoms with Gasteiger partial charge in [0.05, 0.1) is 10.9 Å². The van der Waals surface area contributed by atoms with E-state index in [-0.39, 0.29) is 11.5 Å². The standard InChI is InChI=1S/C16H12FN5O2S2/c1-3-22-14(24)12(26-16(22)19-15-21-20-7(2)25-15)11-9-6-8(17)4-5-10(9)18-13(11)23/h4-6,24H,3H2,1-2H3/b19-16+. The van der Waals surface area contributed by atoms with Gasteiger partial charge in [0.2, 0.25) is 11.0 Å². The van der Waals surface area contributed by atoms with Crippen LogP contribution in [0.25, 0.3) is 5.57 Å². The molecule has 0 bridgehead atoms. The number of fused-ring (bicyclic) bond motifs is 1. The van der Waals surface area contributed by atoms with Crippen LogP contribution in [0.4, 0.5) is 9.52 Å². The van der Waals surface area contributed by atoms with Crippen molar-refractivity contribution in [3.05, 3.63) is 49.3 Å². The number of benzene rings is 1. The number of aromatic hydroxyl groups is 1. The van der Waals surface area contributed by atoms with Gasteiger partial charge in [-0.3, -0.25) is 9.36 Å². The van der Waals surface area contributed by atoms with E-state index in [4.69, 9.17) is 0 Å². The molecule has 2 aromatic heterocycles. The van der Waals surface area contributed by atoms with Gasteiger partial charge in [-0.25, -0.2) is 9.38 Å². The molecule has 0 radical (unpaired) electrons. The Hall–Kier alpha value is -2.72. The average molecular weight is 389 g/mol. The fourth-order valence-corrected chi connectivity index (χ4v) is 4.41. The molecule has 1 aromatic carbocycles. The predicted octanol–water partition coefficient (Wildman–Crippen LogP) is 1.17. The molecule has 0 spiro atoms. The van der Waals surface area contributed by atoms with Crippen LogP contribution >= 0.6 is 22.7 Å². The molecule has 0 fully saturated rings. The van der Waals surface area contributed by atoms with E-state index in [2.05, 4.69) is 20.2 Å². The van der Waals surface area contributed by atoms with Crippen molar-refractivity contribution in [2.45, 2.75) is 20.4 Å². The Bertz CT molecular complexity index is 1240. The van der Waals surface area contributed by atoms with Crippen molar-refractivity contribution < 1.29 is 14.3 Å². The first-order chi connectivity index (χ1) is 12.5. The highest BCUT2D eigenvalue weighted by molar-refractivity contribution is 7.15. The van der Waals surface area contributed by atoms with E-state index in [0.717, 1.165) is 16.3 Å². The van der Waals surface area contributed by atoms with Crippen LogP contribution in [0.3, 0.4) is 0 Å². The molecule has 4 rings (SSSR count). The molecule has 1 amide bonds. The van der Waals surface area contributed by atoms with Crippen LogP contribution < -0.4 is 15.4 Å². The number of nitrogens with zero attached hydrogens (tertiary/aromatic N) is 5. The molecule has 0 saturated carbocycles. The van der Waals surface area contributed by atoms with E-state index in [0.29, 0.717) is 31.9 Å². The summed E-state index contributed by atoms with van der Waals surface area (Å²) in [6.07, 6.45) is 0. The molecule has 0 saturated heterocycles. The first-order valence-electron chi connectivity index (χ1n) is 7.68. The van der Waals surface area contributed by atoms with Crippen molar-refractivity contribution in [2.24, 2.45) is 9.98 Å². The van der Waals surface area contributed by atoms with Gasteiger partial charge >= 0.3 is 0 Å². The lowest BCUT2D eigenvalue weighted by atomic mass is 10.1. The Labute approximate surface area is 154 Å². The summed E-state index contributed by atoms with van der Waals surface area (Å²) in [5.41, 5.74) is 0.180. The smallest absolute Gasteiger partial charge is 0.279 e. The van der Waals surface area contributed by atoms with Crippen molar-refractivity contribution in [1.82, 2.24) is 14.8 Å². The third kappa shape index (κ3) is 2.67. The number of hydrogen-bond acceptors (Lipinski definition) is 7. The largest absolute Gasteiger partial charge is 0.493 e.